The summed E-state index contributed by atoms with van der Waals surface area (Å²) in [4.78, 5) is 40.9. The molecule has 0 saturated carbocycles. The van der Waals surface area contributed by atoms with Crippen molar-refractivity contribution in [3.63, 3.8) is 0 Å². The molecule has 0 aliphatic carbocycles. The number of aryl methyl sites for hydroxylation is 4. The number of amides is 3. The number of hydrogen-bond acceptors (Lipinski definition) is 5. The lowest BCUT2D eigenvalue weighted by atomic mass is 10.1. The van der Waals surface area contributed by atoms with Crippen LogP contribution in [0, 0.1) is 39.0 Å². The van der Waals surface area contributed by atoms with E-state index in [1.54, 1.807) is 31.2 Å². The van der Waals surface area contributed by atoms with Crippen LogP contribution in [0.1, 0.15) is 34.7 Å². The summed E-state index contributed by atoms with van der Waals surface area (Å²) in [5.41, 5.74) is 5.75. The van der Waals surface area contributed by atoms with Gasteiger partial charge in [0, 0.05) is 11.4 Å². The van der Waals surface area contributed by atoms with Crippen LogP contribution in [0.5, 0.6) is 0 Å². The molecule has 0 aliphatic rings. The molecule has 0 heterocycles. The van der Waals surface area contributed by atoms with Gasteiger partial charge < -0.3 is 16.0 Å². The van der Waals surface area contributed by atoms with Gasteiger partial charge in [0.1, 0.15) is 6.07 Å². The largest absolute Gasteiger partial charge is 0.324 e. The quantitative estimate of drug-likeness (QED) is 0.385. The molecule has 8 nitrogen and oxygen atoms in total. The molecule has 3 aromatic carbocycles. The highest BCUT2D eigenvalue weighted by Crippen LogP contribution is 2.21. The Morgan fingerprint density at radius 2 is 1.18 bits per heavy atom. The predicted octanol–water partition coefficient (Wildman–Crippen LogP) is 4.70. The topological polar surface area (TPSA) is 114 Å². The molecule has 3 amide bonds. The molecule has 38 heavy (non-hydrogen) atoms. The molecule has 3 N–H and O–H groups in total. The highest BCUT2D eigenvalue weighted by Gasteiger charge is 2.27. The Bertz CT molecular complexity index is 1280. The van der Waals surface area contributed by atoms with Gasteiger partial charge in [-0.2, -0.15) is 5.26 Å². The Morgan fingerprint density at radius 1 is 0.737 bits per heavy atom. The van der Waals surface area contributed by atoms with Crippen molar-refractivity contribution in [1.29, 1.82) is 5.26 Å². The molecular weight excluding hydrogens is 478 g/mol. The van der Waals surface area contributed by atoms with Gasteiger partial charge in [0.05, 0.1) is 30.4 Å². The van der Waals surface area contributed by atoms with E-state index in [2.05, 4.69) is 22.0 Å². The maximum Gasteiger partial charge on any atom is 0.241 e. The van der Waals surface area contributed by atoms with Crippen molar-refractivity contribution in [2.45, 2.75) is 40.7 Å². The zero-order chi connectivity index (χ0) is 27.8. The number of nitriles is 1. The number of carbonyl (C=O) groups is 3. The summed E-state index contributed by atoms with van der Waals surface area (Å²) in [5, 5.41) is 18.0. The second-order valence-corrected chi connectivity index (χ2v) is 9.36. The average Bonchev–Trinajstić information content (AvgIpc) is 2.88. The first-order valence-electron chi connectivity index (χ1n) is 12.4. The molecule has 0 aliphatic heterocycles. The van der Waals surface area contributed by atoms with Crippen molar-refractivity contribution in [2.24, 2.45) is 0 Å². The molecule has 0 radical (unpaired) electrons. The van der Waals surface area contributed by atoms with Crippen molar-refractivity contribution in [3.05, 3.63) is 88.5 Å². The number of anilines is 3. The van der Waals surface area contributed by atoms with E-state index in [4.69, 9.17) is 0 Å². The fourth-order valence-electron chi connectivity index (χ4n) is 4.17. The van der Waals surface area contributed by atoms with E-state index in [-0.39, 0.29) is 24.9 Å². The summed E-state index contributed by atoms with van der Waals surface area (Å²) in [6.45, 7) is 8.86. The van der Waals surface area contributed by atoms with Crippen molar-refractivity contribution in [2.75, 3.05) is 29.0 Å². The van der Waals surface area contributed by atoms with Crippen LogP contribution in [0.4, 0.5) is 17.1 Å². The van der Waals surface area contributed by atoms with Crippen LogP contribution in [0.15, 0.2) is 60.7 Å². The normalized spacial score (nSPS) is 11.4. The Balaban J connectivity index is 1.82. The first-order chi connectivity index (χ1) is 18.1. The van der Waals surface area contributed by atoms with Crippen LogP contribution in [-0.4, -0.2) is 41.8 Å². The lowest BCUT2D eigenvalue weighted by molar-refractivity contribution is -0.125. The smallest absolute Gasteiger partial charge is 0.241 e. The van der Waals surface area contributed by atoms with E-state index < -0.39 is 11.9 Å². The van der Waals surface area contributed by atoms with Gasteiger partial charge in [0.15, 0.2) is 0 Å². The lowest BCUT2D eigenvalue weighted by Crippen LogP contribution is -2.49. The van der Waals surface area contributed by atoms with E-state index in [1.165, 1.54) is 4.90 Å². The van der Waals surface area contributed by atoms with Gasteiger partial charge in [-0.05, 0) is 69.0 Å². The number of para-hydroxylation sites is 3. The maximum atomic E-state index is 13.2. The average molecular weight is 512 g/mol. The molecule has 0 bridgehead atoms. The third kappa shape index (κ3) is 7.05. The molecular formula is C30H33N5O3. The fourth-order valence-corrected chi connectivity index (χ4v) is 4.17. The van der Waals surface area contributed by atoms with Crippen molar-refractivity contribution >= 4 is 34.8 Å². The minimum absolute atomic E-state index is 0.192. The van der Waals surface area contributed by atoms with Crippen molar-refractivity contribution in [3.8, 4) is 6.07 Å². The summed E-state index contributed by atoms with van der Waals surface area (Å²) in [5.74, 6) is -1.13. The van der Waals surface area contributed by atoms with Gasteiger partial charge in [-0.3, -0.25) is 19.3 Å². The summed E-state index contributed by atoms with van der Waals surface area (Å²) in [6, 6.07) is 19.3. The van der Waals surface area contributed by atoms with Gasteiger partial charge in [0.2, 0.25) is 17.7 Å². The van der Waals surface area contributed by atoms with Crippen LogP contribution in [0.25, 0.3) is 0 Å². The summed E-state index contributed by atoms with van der Waals surface area (Å²) in [7, 11) is 0. The van der Waals surface area contributed by atoms with E-state index in [1.807, 2.05) is 64.1 Å². The van der Waals surface area contributed by atoms with Crippen LogP contribution in [0.3, 0.4) is 0 Å². The molecule has 1 unspecified atom stereocenters. The molecule has 196 valence electrons. The molecule has 3 rings (SSSR count). The summed E-state index contributed by atoms with van der Waals surface area (Å²) < 4.78 is 0. The highest BCUT2D eigenvalue weighted by molar-refractivity contribution is 5.99. The third-order valence-electron chi connectivity index (χ3n) is 6.42. The minimum Gasteiger partial charge on any atom is -0.324 e. The van der Waals surface area contributed by atoms with Crippen molar-refractivity contribution in [1.82, 2.24) is 4.90 Å². The maximum absolute atomic E-state index is 13.2. The van der Waals surface area contributed by atoms with Gasteiger partial charge >= 0.3 is 0 Å². The Morgan fingerprint density at radius 3 is 1.63 bits per heavy atom. The number of rotatable bonds is 9. The van der Waals surface area contributed by atoms with E-state index >= 15 is 0 Å². The van der Waals surface area contributed by atoms with Crippen molar-refractivity contribution < 1.29 is 14.4 Å². The zero-order valence-electron chi connectivity index (χ0n) is 22.4. The lowest BCUT2D eigenvalue weighted by Gasteiger charge is -2.28. The van der Waals surface area contributed by atoms with E-state index in [9.17, 15) is 19.6 Å². The number of nitrogens with one attached hydrogen (secondary N) is 3. The van der Waals surface area contributed by atoms with Crippen LogP contribution >= 0.6 is 0 Å². The second kappa shape index (κ2) is 12.7. The van der Waals surface area contributed by atoms with Crippen LogP contribution in [-0.2, 0) is 14.4 Å². The van der Waals surface area contributed by atoms with Gasteiger partial charge in [-0.1, -0.05) is 48.5 Å². The number of hydrogen-bond donors (Lipinski definition) is 3. The summed E-state index contributed by atoms with van der Waals surface area (Å²) >= 11 is 0. The highest BCUT2D eigenvalue weighted by atomic mass is 16.2. The Kier molecular flexibility index (Phi) is 9.36. The number of nitrogens with zero attached hydrogens (tertiary/aromatic N) is 2. The van der Waals surface area contributed by atoms with Crippen LogP contribution in [0.2, 0.25) is 0 Å². The van der Waals surface area contributed by atoms with Gasteiger partial charge in [-0.25, -0.2) is 0 Å². The summed E-state index contributed by atoms with van der Waals surface area (Å²) in [6.07, 6.45) is 0. The molecule has 0 fully saturated rings. The fraction of sp³-hybridized carbons (Fsp3) is 0.267. The Hall–Kier alpha value is -4.48. The number of carbonyl (C=O) groups excluding carboxylic acids is 3. The SMILES string of the molecule is Cc1cccc(C)c1NC(=O)CN(CC(=O)Nc1c(C)cccc1C)C(C)C(=O)Nc1ccccc1C#N. The molecule has 0 spiro atoms. The predicted molar refractivity (Wildman–Crippen MR) is 150 cm³/mol. The molecule has 0 aromatic heterocycles. The second-order valence-electron chi connectivity index (χ2n) is 9.36. The molecule has 8 heteroatoms. The van der Waals surface area contributed by atoms with Crippen LogP contribution < -0.4 is 16.0 Å². The van der Waals surface area contributed by atoms with Gasteiger partial charge in [-0.15, -0.1) is 0 Å². The molecule has 3 aromatic rings. The Labute approximate surface area is 223 Å². The first kappa shape index (κ1) is 28.1. The van der Waals surface area contributed by atoms with Gasteiger partial charge in [0.25, 0.3) is 0 Å². The third-order valence-corrected chi connectivity index (χ3v) is 6.42. The number of benzene rings is 3. The standard InChI is InChI=1S/C30H33N5O3/c1-19-10-8-11-20(2)28(19)33-26(36)17-35(18-27(37)34-29-21(3)12-9-13-22(29)4)23(5)30(38)32-25-15-7-6-14-24(25)16-31/h6-15,23H,17-18H2,1-5H3,(H,32,38)(H,33,36)(H,34,37). The first-order valence-corrected chi connectivity index (χ1v) is 12.4. The van der Waals surface area contributed by atoms with E-state index in [0.29, 0.717) is 22.6 Å². The molecule has 0 saturated heterocycles. The molecule has 1 atom stereocenters. The monoisotopic (exact) mass is 511 g/mol. The van der Waals surface area contributed by atoms with E-state index in [0.717, 1.165) is 22.3 Å². The zero-order valence-corrected chi connectivity index (χ0v) is 22.4. The minimum atomic E-state index is -0.853.